The molecule has 4 heteroatoms. The molecule has 1 N–H and O–H groups in total. The van der Waals surface area contributed by atoms with E-state index in [1.807, 2.05) is 0 Å². The lowest BCUT2D eigenvalue weighted by atomic mass is 10.1. The Morgan fingerprint density at radius 1 is 1.05 bits per heavy atom. The van der Waals surface area contributed by atoms with E-state index >= 15 is 0 Å². The molecule has 1 aromatic heterocycles. The maximum absolute atomic E-state index is 11.2. The Morgan fingerprint density at radius 3 is 2.24 bits per heavy atom. The van der Waals surface area contributed by atoms with E-state index in [0.29, 0.717) is 6.54 Å². The van der Waals surface area contributed by atoms with Crippen molar-refractivity contribution in [3.63, 3.8) is 0 Å². The van der Waals surface area contributed by atoms with E-state index in [4.69, 9.17) is 0 Å². The first kappa shape index (κ1) is 17.6. The molecule has 1 aromatic rings. The van der Waals surface area contributed by atoms with Crippen LogP contribution in [-0.2, 0) is 6.54 Å². The fourth-order valence-corrected chi connectivity index (χ4v) is 2.41. The van der Waals surface area contributed by atoms with Crippen LogP contribution in [0.5, 0.6) is 5.88 Å². The van der Waals surface area contributed by atoms with Gasteiger partial charge < -0.3 is 9.52 Å². The maximum atomic E-state index is 11.2. The van der Waals surface area contributed by atoms with Gasteiger partial charge in [-0.05, 0) is 25.7 Å². The SMILES string of the molecule is CCC=CCCCCCCCCCCn1c(O)coc1=O. The molecule has 0 aliphatic heterocycles. The summed E-state index contributed by atoms with van der Waals surface area (Å²) in [4.78, 5) is 11.2. The van der Waals surface area contributed by atoms with Crippen LogP contribution in [0.15, 0.2) is 27.6 Å². The van der Waals surface area contributed by atoms with Gasteiger partial charge in [-0.1, -0.05) is 57.6 Å². The summed E-state index contributed by atoms with van der Waals surface area (Å²) >= 11 is 0. The van der Waals surface area contributed by atoms with E-state index < -0.39 is 5.76 Å². The molecule has 0 aliphatic carbocycles. The van der Waals surface area contributed by atoms with E-state index in [0.717, 1.165) is 25.5 Å². The van der Waals surface area contributed by atoms with Crippen LogP contribution in [0.2, 0.25) is 0 Å². The molecule has 0 saturated carbocycles. The number of hydrogen-bond donors (Lipinski definition) is 1. The molecule has 0 atom stereocenters. The Labute approximate surface area is 127 Å². The molecular weight excluding hydrogens is 266 g/mol. The van der Waals surface area contributed by atoms with Gasteiger partial charge in [0.15, 0.2) is 6.26 Å². The first-order valence-electron chi connectivity index (χ1n) is 8.28. The van der Waals surface area contributed by atoms with Crippen molar-refractivity contribution in [3.8, 4) is 5.88 Å². The summed E-state index contributed by atoms with van der Waals surface area (Å²) in [6, 6.07) is 0. The zero-order valence-electron chi connectivity index (χ0n) is 13.2. The highest BCUT2D eigenvalue weighted by molar-refractivity contribution is 4.98. The lowest BCUT2D eigenvalue weighted by Crippen LogP contribution is -2.13. The number of rotatable bonds is 12. The smallest absolute Gasteiger partial charge is 0.421 e. The van der Waals surface area contributed by atoms with Gasteiger partial charge >= 0.3 is 5.76 Å². The third-order valence-corrected chi connectivity index (χ3v) is 3.67. The number of oxazole rings is 1. The standard InChI is InChI=1S/C17H29NO3/c1-2-3-4-5-6-7-8-9-10-11-12-13-14-18-16(19)15-21-17(18)20/h3-4,15,19H,2,5-14H2,1H3. The predicted octanol–water partition coefficient (Wildman–Crippen LogP) is 4.62. The first-order chi connectivity index (χ1) is 10.3. The van der Waals surface area contributed by atoms with Gasteiger partial charge in [-0.25, -0.2) is 9.36 Å². The minimum atomic E-state index is -0.468. The minimum absolute atomic E-state index is 0.0721. The van der Waals surface area contributed by atoms with Crippen LogP contribution in [-0.4, -0.2) is 9.67 Å². The number of aromatic nitrogens is 1. The lowest BCUT2D eigenvalue weighted by molar-refractivity contribution is 0.404. The van der Waals surface area contributed by atoms with Crippen molar-refractivity contribution in [1.82, 2.24) is 4.57 Å². The third kappa shape index (κ3) is 7.78. The highest BCUT2D eigenvalue weighted by Gasteiger charge is 2.05. The van der Waals surface area contributed by atoms with Gasteiger partial charge in [-0.15, -0.1) is 0 Å². The van der Waals surface area contributed by atoms with Crippen LogP contribution in [0.3, 0.4) is 0 Å². The molecule has 0 unspecified atom stereocenters. The quantitative estimate of drug-likeness (QED) is 0.452. The van der Waals surface area contributed by atoms with E-state index in [-0.39, 0.29) is 5.88 Å². The van der Waals surface area contributed by atoms with Crippen LogP contribution >= 0.6 is 0 Å². The highest BCUT2D eigenvalue weighted by Crippen LogP contribution is 2.12. The summed E-state index contributed by atoms with van der Waals surface area (Å²) in [5, 5.41) is 9.37. The number of allylic oxidation sites excluding steroid dienone is 2. The monoisotopic (exact) mass is 295 g/mol. The molecule has 21 heavy (non-hydrogen) atoms. The van der Waals surface area contributed by atoms with Crippen LogP contribution < -0.4 is 5.76 Å². The number of hydrogen-bond acceptors (Lipinski definition) is 3. The molecule has 0 amide bonds. The lowest BCUT2D eigenvalue weighted by Gasteiger charge is -2.03. The van der Waals surface area contributed by atoms with Gasteiger partial charge in [0.25, 0.3) is 0 Å². The largest absolute Gasteiger partial charge is 0.492 e. The van der Waals surface area contributed by atoms with Crippen LogP contribution in [0.25, 0.3) is 0 Å². The molecule has 1 rings (SSSR count). The van der Waals surface area contributed by atoms with Crippen molar-refractivity contribution in [1.29, 1.82) is 0 Å². The van der Waals surface area contributed by atoms with E-state index in [1.54, 1.807) is 0 Å². The molecule has 0 radical (unpaired) electrons. The topological polar surface area (TPSA) is 55.4 Å². The molecule has 0 saturated heterocycles. The van der Waals surface area contributed by atoms with Gasteiger partial charge in [-0.3, -0.25) is 0 Å². The normalized spacial score (nSPS) is 11.5. The molecule has 0 fully saturated rings. The van der Waals surface area contributed by atoms with Crippen molar-refractivity contribution in [2.24, 2.45) is 0 Å². The van der Waals surface area contributed by atoms with Crippen molar-refractivity contribution in [2.75, 3.05) is 0 Å². The summed E-state index contributed by atoms with van der Waals surface area (Å²) < 4.78 is 5.89. The molecule has 120 valence electrons. The maximum Gasteiger partial charge on any atom is 0.421 e. The van der Waals surface area contributed by atoms with E-state index in [9.17, 15) is 9.90 Å². The predicted molar refractivity (Wildman–Crippen MR) is 85.6 cm³/mol. The van der Waals surface area contributed by atoms with Crippen LogP contribution in [0.4, 0.5) is 0 Å². The van der Waals surface area contributed by atoms with Crippen molar-refractivity contribution >= 4 is 0 Å². The Bertz CT molecular complexity index is 445. The third-order valence-electron chi connectivity index (χ3n) is 3.67. The van der Waals surface area contributed by atoms with E-state index in [2.05, 4.69) is 23.5 Å². The number of aromatic hydroxyl groups is 1. The van der Waals surface area contributed by atoms with Gasteiger partial charge in [0.1, 0.15) is 0 Å². The molecular formula is C17H29NO3. The number of nitrogens with zero attached hydrogens (tertiary/aromatic N) is 1. The first-order valence-corrected chi connectivity index (χ1v) is 8.28. The van der Waals surface area contributed by atoms with Crippen LogP contribution in [0.1, 0.15) is 71.1 Å². The van der Waals surface area contributed by atoms with Crippen molar-refractivity contribution in [3.05, 3.63) is 29.0 Å². The average Bonchev–Trinajstić information content (AvgIpc) is 2.80. The molecule has 0 spiro atoms. The zero-order valence-corrected chi connectivity index (χ0v) is 13.2. The molecule has 0 aliphatic rings. The van der Waals surface area contributed by atoms with E-state index in [1.165, 1.54) is 49.5 Å². The Hall–Kier alpha value is -1.45. The summed E-state index contributed by atoms with van der Waals surface area (Å²) in [5.74, 6) is -0.540. The molecule has 4 nitrogen and oxygen atoms in total. The Balaban J connectivity index is 1.89. The van der Waals surface area contributed by atoms with Gasteiger partial charge in [0.2, 0.25) is 5.88 Å². The zero-order chi connectivity index (χ0) is 15.3. The second-order valence-corrected chi connectivity index (χ2v) is 5.51. The Morgan fingerprint density at radius 2 is 1.67 bits per heavy atom. The number of unbranched alkanes of at least 4 members (excludes halogenated alkanes) is 8. The summed E-state index contributed by atoms with van der Waals surface area (Å²) in [6.07, 6.45) is 17.7. The Kier molecular flexibility index (Phi) is 9.42. The summed E-state index contributed by atoms with van der Waals surface area (Å²) in [6.45, 7) is 2.71. The summed E-state index contributed by atoms with van der Waals surface area (Å²) in [7, 11) is 0. The minimum Gasteiger partial charge on any atom is -0.492 e. The second-order valence-electron chi connectivity index (χ2n) is 5.51. The fraction of sp³-hybridized carbons (Fsp3) is 0.706. The van der Waals surface area contributed by atoms with Crippen molar-refractivity contribution in [2.45, 2.75) is 77.7 Å². The van der Waals surface area contributed by atoms with Crippen LogP contribution in [0, 0.1) is 0 Å². The fourth-order valence-electron chi connectivity index (χ4n) is 2.41. The molecule has 0 aromatic carbocycles. The van der Waals surface area contributed by atoms with Crippen molar-refractivity contribution < 1.29 is 9.52 Å². The summed E-state index contributed by atoms with van der Waals surface area (Å²) in [5.41, 5.74) is 0. The average molecular weight is 295 g/mol. The molecule has 1 heterocycles. The van der Waals surface area contributed by atoms with Gasteiger partial charge in [-0.2, -0.15) is 0 Å². The molecule has 0 bridgehead atoms. The van der Waals surface area contributed by atoms with Gasteiger partial charge in [0.05, 0.1) is 0 Å². The highest BCUT2D eigenvalue weighted by atomic mass is 16.4. The second kappa shape index (κ2) is 11.2. The van der Waals surface area contributed by atoms with Gasteiger partial charge in [0, 0.05) is 6.54 Å².